The Bertz CT molecular complexity index is 211. The Morgan fingerprint density at radius 1 is 1.77 bits per heavy atom. The number of hydrogen-bond donors (Lipinski definition) is 0. The normalized spacial score (nSPS) is 21.4. The van der Waals surface area contributed by atoms with E-state index in [1.807, 2.05) is 0 Å². The van der Waals surface area contributed by atoms with Crippen LogP contribution in [0.15, 0.2) is 9.66 Å². The smallest absolute Gasteiger partial charge is 0.302 e. The number of esters is 1. The van der Waals surface area contributed by atoms with Gasteiger partial charge >= 0.3 is 5.97 Å². The molecule has 1 aliphatic carbocycles. The van der Waals surface area contributed by atoms with Gasteiger partial charge in [-0.25, -0.2) is 0 Å². The summed E-state index contributed by atoms with van der Waals surface area (Å²) in [4.78, 5) is 10.5. The molecule has 0 radical (unpaired) electrons. The van der Waals surface area contributed by atoms with Gasteiger partial charge in [-0.2, -0.15) is 0 Å². The summed E-state index contributed by atoms with van der Waals surface area (Å²) in [5.74, 6) is 0.563. The lowest BCUT2D eigenvalue weighted by Crippen LogP contribution is -2.03. The van der Waals surface area contributed by atoms with Crippen LogP contribution in [-0.4, -0.2) is 12.6 Å². The molecule has 0 amide bonds. The number of carbonyl (C=O) groups is 1. The van der Waals surface area contributed by atoms with Gasteiger partial charge in [0.15, 0.2) is 0 Å². The molecule has 74 valence electrons. The highest BCUT2D eigenvalue weighted by Gasteiger charge is 2.16. The fourth-order valence-corrected chi connectivity index (χ4v) is 2.49. The van der Waals surface area contributed by atoms with Crippen molar-refractivity contribution in [2.75, 3.05) is 6.61 Å². The molecule has 0 aliphatic heterocycles. The molecule has 2 nitrogen and oxygen atoms in total. The zero-order valence-corrected chi connectivity index (χ0v) is 10.0. The SMILES string of the molecule is CC(=O)OCCC[C@@H]1CCC=C1I. The molecule has 13 heavy (non-hydrogen) atoms. The maximum Gasteiger partial charge on any atom is 0.302 e. The molecular formula is C10H15IO2. The molecule has 0 N–H and O–H groups in total. The summed E-state index contributed by atoms with van der Waals surface area (Å²) in [7, 11) is 0. The average Bonchev–Trinajstić information content (AvgIpc) is 2.45. The second-order valence-corrected chi connectivity index (χ2v) is 4.59. The maximum atomic E-state index is 10.5. The van der Waals surface area contributed by atoms with E-state index in [9.17, 15) is 4.79 Å². The summed E-state index contributed by atoms with van der Waals surface area (Å²) in [5.41, 5.74) is 0. The number of carbonyl (C=O) groups excluding carboxylic acids is 1. The van der Waals surface area contributed by atoms with Crippen LogP contribution < -0.4 is 0 Å². The Morgan fingerprint density at radius 2 is 2.54 bits per heavy atom. The van der Waals surface area contributed by atoms with Gasteiger partial charge in [0.25, 0.3) is 0 Å². The minimum absolute atomic E-state index is 0.170. The summed E-state index contributed by atoms with van der Waals surface area (Å²) < 4.78 is 6.36. The van der Waals surface area contributed by atoms with E-state index in [4.69, 9.17) is 4.74 Å². The molecule has 0 heterocycles. The first-order chi connectivity index (χ1) is 6.20. The van der Waals surface area contributed by atoms with E-state index in [-0.39, 0.29) is 5.97 Å². The number of rotatable bonds is 4. The van der Waals surface area contributed by atoms with E-state index in [0.29, 0.717) is 6.61 Å². The molecular weight excluding hydrogens is 279 g/mol. The van der Waals surface area contributed by atoms with Crippen molar-refractivity contribution in [3.8, 4) is 0 Å². The van der Waals surface area contributed by atoms with Crippen LogP contribution in [0.5, 0.6) is 0 Å². The van der Waals surface area contributed by atoms with Crippen molar-refractivity contribution in [3.63, 3.8) is 0 Å². The molecule has 0 fully saturated rings. The third-order valence-electron chi connectivity index (χ3n) is 2.25. The van der Waals surface area contributed by atoms with Crippen LogP contribution in [0.25, 0.3) is 0 Å². The van der Waals surface area contributed by atoms with Gasteiger partial charge in [0, 0.05) is 6.92 Å². The van der Waals surface area contributed by atoms with Crippen LogP contribution in [0.3, 0.4) is 0 Å². The standard InChI is InChI=1S/C10H15IO2/c1-8(12)13-7-3-5-9-4-2-6-10(9)11/h6,9H,2-5,7H2,1H3/t9-/m0/s1. The van der Waals surface area contributed by atoms with E-state index >= 15 is 0 Å². The number of allylic oxidation sites excluding steroid dienone is 2. The van der Waals surface area contributed by atoms with Gasteiger partial charge in [-0.05, 0) is 57.8 Å². The lowest BCUT2D eigenvalue weighted by Gasteiger charge is -2.09. The zero-order chi connectivity index (χ0) is 9.68. The Morgan fingerprint density at radius 3 is 3.08 bits per heavy atom. The molecule has 0 saturated carbocycles. The van der Waals surface area contributed by atoms with Crippen LogP contribution >= 0.6 is 22.6 Å². The Balaban J connectivity index is 2.06. The van der Waals surface area contributed by atoms with Gasteiger partial charge in [-0.1, -0.05) is 6.08 Å². The molecule has 0 aromatic carbocycles. The average molecular weight is 294 g/mol. The molecule has 3 heteroatoms. The zero-order valence-electron chi connectivity index (χ0n) is 7.88. The van der Waals surface area contributed by atoms with E-state index in [1.54, 1.807) is 0 Å². The van der Waals surface area contributed by atoms with Crippen molar-refractivity contribution in [3.05, 3.63) is 9.66 Å². The van der Waals surface area contributed by atoms with Crippen molar-refractivity contribution >= 4 is 28.6 Å². The third kappa shape index (κ3) is 4.11. The highest BCUT2D eigenvalue weighted by molar-refractivity contribution is 14.1. The van der Waals surface area contributed by atoms with Crippen LogP contribution in [-0.2, 0) is 9.53 Å². The minimum Gasteiger partial charge on any atom is -0.466 e. The predicted molar refractivity (Wildman–Crippen MR) is 60.7 cm³/mol. The Hall–Kier alpha value is -0.0600. The first kappa shape index (κ1) is 11.0. The van der Waals surface area contributed by atoms with Gasteiger partial charge in [0.05, 0.1) is 6.61 Å². The van der Waals surface area contributed by atoms with Crippen molar-refractivity contribution in [2.24, 2.45) is 5.92 Å². The molecule has 0 spiro atoms. The van der Waals surface area contributed by atoms with Crippen LogP contribution in [0.4, 0.5) is 0 Å². The van der Waals surface area contributed by atoms with Gasteiger partial charge in [0.2, 0.25) is 0 Å². The molecule has 0 bridgehead atoms. The third-order valence-corrected chi connectivity index (χ3v) is 3.57. The van der Waals surface area contributed by atoms with Crippen molar-refractivity contribution in [2.45, 2.75) is 32.6 Å². The topological polar surface area (TPSA) is 26.3 Å². The molecule has 1 aliphatic rings. The first-order valence-corrected chi connectivity index (χ1v) is 5.77. The van der Waals surface area contributed by atoms with Gasteiger partial charge in [0.1, 0.15) is 0 Å². The van der Waals surface area contributed by atoms with Crippen LogP contribution in [0, 0.1) is 5.92 Å². The Kier molecular flexibility index (Phi) is 4.77. The summed E-state index contributed by atoms with van der Waals surface area (Å²) in [6.07, 6.45) is 6.94. The second-order valence-electron chi connectivity index (χ2n) is 3.35. The quantitative estimate of drug-likeness (QED) is 0.452. The highest BCUT2D eigenvalue weighted by Crippen LogP contribution is 2.33. The summed E-state index contributed by atoms with van der Waals surface area (Å²) in [6.45, 7) is 2.04. The molecule has 0 aromatic heterocycles. The number of hydrogen-bond acceptors (Lipinski definition) is 2. The molecule has 0 aromatic rings. The van der Waals surface area contributed by atoms with Crippen molar-refractivity contribution < 1.29 is 9.53 Å². The van der Waals surface area contributed by atoms with E-state index in [1.165, 1.54) is 23.3 Å². The van der Waals surface area contributed by atoms with E-state index < -0.39 is 0 Å². The number of halogens is 1. The minimum atomic E-state index is -0.170. The number of ether oxygens (including phenoxy) is 1. The largest absolute Gasteiger partial charge is 0.466 e. The van der Waals surface area contributed by atoms with Crippen LogP contribution in [0.2, 0.25) is 0 Å². The summed E-state index contributed by atoms with van der Waals surface area (Å²) >= 11 is 2.41. The fourth-order valence-electron chi connectivity index (χ4n) is 1.55. The predicted octanol–water partition coefficient (Wildman–Crippen LogP) is 3.06. The van der Waals surface area contributed by atoms with Crippen molar-refractivity contribution in [1.82, 2.24) is 0 Å². The van der Waals surface area contributed by atoms with E-state index in [2.05, 4.69) is 28.7 Å². The molecule has 0 saturated heterocycles. The molecule has 0 unspecified atom stereocenters. The monoisotopic (exact) mass is 294 g/mol. The lowest BCUT2D eigenvalue weighted by atomic mass is 10.0. The van der Waals surface area contributed by atoms with Crippen LogP contribution in [0.1, 0.15) is 32.6 Å². The maximum absolute atomic E-state index is 10.5. The summed E-state index contributed by atoms with van der Waals surface area (Å²) in [5, 5.41) is 0. The highest BCUT2D eigenvalue weighted by atomic mass is 127. The van der Waals surface area contributed by atoms with E-state index in [0.717, 1.165) is 18.8 Å². The molecule has 1 atom stereocenters. The summed E-state index contributed by atoms with van der Waals surface area (Å²) in [6, 6.07) is 0. The fraction of sp³-hybridized carbons (Fsp3) is 0.700. The first-order valence-electron chi connectivity index (χ1n) is 4.69. The van der Waals surface area contributed by atoms with Gasteiger partial charge in [-0.15, -0.1) is 0 Å². The molecule has 1 rings (SSSR count). The Labute approximate surface area is 92.9 Å². The van der Waals surface area contributed by atoms with Gasteiger partial charge < -0.3 is 4.74 Å². The lowest BCUT2D eigenvalue weighted by molar-refractivity contribution is -0.141. The van der Waals surface area contributed by atoms with Gasteiger partial charge in [-0.3, -0.25) is 4.79 Å². The van der Waals surface area contributed by atoms with Crippen molar-refractivity contribution in [1.29, 1.82) is 0 Å². The second kappa shape index (κ2) is 5.62.